The maximum Gasteiger partial charge on any atom is 0.276 e. The molecule has 0 saturated carbocycles. The van der Waals surface area contributed by atoms with E-state index in [-0.39, 0.29) is 11.6 Å². The number of benzene rings is 1. The molecule has 1 aromatic carbocycles. The molecule has 20 heavy (non-hydrogen) atoms. The number of pyridine rings is 1. The van der Waals surface area contributed by atoms with E-state index in [2.05, 4.69) is 42.2 Å². The summed E-state index contributed by atoms with van der Waals surface area (Å²) in [5, 5.41) is 2.74. The quantitative estimate of drug-likeness (QED) is 0.827. The molecule has 2 aromatic rings. The third kappa shape index (κ3) is 3.10. The summed E-state index contributed by atoms with van der Waals surface area (Å²) in [7, 11) is 1.55. The van der Waals surface area contributed by atoms with Crippen LogP contribution < -0.4 is 15.8 Å². The van der Waals surface area contributed by atoms with Crippen molar-refractivity contribution in [2.24, 2.45) is 0 Å². The Hall–Kier alpha value is -1.60. The summed E-state index contributed by atoms with van der Waals surface area (Å²) in [6.07, 6.45) is 1.52. The number of hydrogen-bond acceptors (Lipinski definition) is 4. The molecule has 0 aliphatic rings. The van der Waals surface area contributed by atoms with E-state index in [0.717, 1.165) is 4.47 Å². The van der Waals surface area contributed by atoms with Gasteiger partial charge in [0, 0.05) is 16.7 Å². The van der Waals surface area contributed by atoms with Gasteiger partial charge in [-0.1, -0.05) is 0 Å². The number of aromatic nitrogens is 1. The molecule has 0 aliphatic heterocycles. The number of carbonyl (C=O) groups excluding carboxylic acids is 1. The predicted octanol–water partition coefficient (Wildman–Crippen LogP) is 3.45. The number of hydrogen-bond donors (Lipinski definition) is 2. The van der Waals surface area contributed by atoms with Crippen LogP contribution in [0.2, 0.25) is 0 Å². The molecule has 7 heteroatoms. The summed E-state index contributed by atoms with van der Waals surface area (Å²) in [5.41, 5.74) is 6.80. The maximum absolute atomic E-state index is 12.1. The number of rotatable bonds is 3. The number of halogens is 2. The largest absolute Gasteiger partial charge is 0.495 e. The zero-order chi connectivity index (χ0) is 14.7. The molecule has 0 fully saturated rings. The van der Waals surface area contributed by atoms with Crippen molar-refractivity contribution in [3.63, 3.8) is 0 Å². The molecule has 0 unspecified atom stereocenters. The molecule has 1 heterocycles. The SMILES string of the molecule is COc1cc(NC(=O)c2ncccc2N)c(Br)cc1Br. The molecule has 5 nitrogen and oxygen atoms in total. The van der Waals surface area contributed by atoms with Gasteiger partial charge in [0.05, 0.1) is 23.0 Å². The number of nitrogens with two attached hydrogens (primary N) is 1. The van der Waals surface area contributed by atoms with Gasteiger partial charge in [0.25, 0.3) is 5.91 Å². The number of amides is 1. The van der Waals surface area contributed by atoms with E-state index >= 15 is 0 Å². The number of carbonyl (C=O) groups is 1. The van der Waals surface area contributed by atoms with Crippen molar-refractivity contribution < 1.29 is 9.53 Å². The van der Waals surface area contributed by atoms with Crippen LogP contribution in [0.3, 0.4) is 0 Å². The first-order valence-electron chi connectivity index (χ1n) is 5.57. The van der Waals surface area contributed by atoms with Crippen molar-refractivity contribution in [2.75, 3.05) is 18.2 Å². The predicted molar refractivity (Wildman–Crippen MR) is 85.0 cm³/mol. The molecule has 104 valence electrons. The van der Waals surface area contributed by atoms with E-state index in [1.807, 2.05) is 0 Å². The Balaban J connectivity index is 2.31. The van der Waals surface area contributed by atoms with Crippen LogP contribution >= 0.6 is 31.9 Å². The van der Waals surface area contributed by atoms with Gasteiger partial charge in [0.15, 0.2) is 5.69 Å². The van der Waals surface area contributed by atoms with Crippen molar-refractivity contribution in [3.05, 3.63) is 45.1 Å². The first kappa shape index (κ1) is 14.8. The van der Waals surface area contributed by atoms with E-state index in [4.69, 9.17) is 10.5 Å². The Morgan fingerprint density at radius 1 is 1.35 bits per heavy atom. The summed E-state index contributed by atoms with van der Waals surface area (Å²) in [6, 6.07) is 6.78. The summed E-state index contributed by atoms with van der Waals surface area (Å²) >= 11 is 6.74. The van der Waals surface area contributed by atoms with Crippen LogP contribution in [-0.4, -0.2) is 18.0 Å². The van der Waals surface area contributed by atoms with E-state index < -0.39 is 0 Å². The summed E-state index contributed by atoms with van der Waals surface area (Å²) < 4.78 is 6.69. The van der Waals surface area contributed by atoms with Gasteiger partial charge in [-0.2, -0.15) is 0 Å². The molecule has 0 spiro atoms. The van der Waals surface area contributed by atoms with Gasteiger partial charge in [-0.3, -0.25) is 4.79 Å². The Bertz CT molecular complexity index is 662. The third-order valence-electron chi connectivity index (χ3n) is 2.54. The molecule has 0 bridgehead atoms. The molecule has 0 atom stereocenters. The van der Waals surface area contributed by atoms with Crippen LogP contribution in [0.5, 0.6) is 5.75 Å². The van der Waals surface area contributed by atoms with E-state index in [1.165, 1.54) is 6.20 Å². The highest BCUT2D eigenvalue weighted by Gasteiger charge is 2.14. The van der Waals surface area contributed by atoms with Gasteiger partial charge in [-0.25, -0.2) is 4.98 Å². The van der Waals surface area contributed by atoms with E-state index in [0.29, 0.717) is 21.6 Å². The topological polar surface area (TPSA) is 77.2 Å². The van der Waals surface area contributed by atoms with Gasteiger partial charge in [0.1, 0.15) is 5.75 Å². The van der Waals surface area contributed by atoms with Crippen LogP contribution in [0.1, 0.15) is 10.5 Å². The van der Waals surface area contributed by atoms with E-state index in [9.17, 15) is 4.79 Å². The lowest BCUT2D eigenvalue weighted by Crippen LogP contribution is -2.16. The molecule has 0 saturated heterocycles. The minimum absolute atomic E-state index is 0.182. The van der Waals surface area contributed by atoms with Gasteiger partial charge >= 0.3 is 0 Å². The monoisotopic (exact) mass is 399 g/mol. The second-order valence-corrected chi connectivity index (χ2v) is 5.57. The minimum atomic E-state index is -0.381. The normalized spacial score (nSPS) is 10.2. The highest BCUT2D eigenvalue weighted by molar-refractivity contribution is 9.11. The molecule has 0 radical (unpaired) electrons. The molecule has 2 rings (SSSR count). The van der Waals surface area contributed by atoms with Crippen LogP contribution in [0.4, 0.5) is 11.4 Å². The fraction of sp³-hybridized carbons (Fsp3) is 0.0769. The van der Waals surface area contributed by atoms with Gasteiger partial charge in [-0.15, -0.1) is 0 Å². The Morgan fingerprint density at radius 3 is 2.75 bits per heavy atom. The van der Waals surface area contributed by atoms with Gasteiger partial charge in [0.2, 0.25) is 0 Å². The second kappa shape index (κ2) is 6.23. The average molecular weight is 401 g/mol. The summed E-state index contributed by atoms with van der Waals surface area (Å²) in [6.45, 7) is 0. The number of anilines is 2. The van der Waals surface area contributed by atoms with Gasteiger partial charge in [-0.05, 0) is 50.1 Å². The lowest BCUT2D eigenvalue weighted by molar-refractivity contribution is 0.102. The first-order valence-corrected chi connectivity index (χ1v) is 7.16. The number of nitrogens with zero attached hydrogens (tertiary/aromatic N) is 1. The second-order valence-electron chi connectivity index (χ2n) is 3.86. The van der Waals surface area contributed by atoms with Crippen molar-refractivity contribution in [1.82, 2.24) is 4.98 Å². The van der Waals surface area contributed by atoms with Crippen molar-refractivity contribution in [1.29, 1.82) is 0 Å². The lowest BCUT2D eigenvalue weighted by Gasteiger charge is -2.11. The first-order chi connectivity index (χ1) is 9.52. The molecule has 1 aromatic heterocycles. The third-order valence-corrected chi connectivity index (χ3v) is 3.82. The fourth-order valence-corrected chi connectivity index (χ4v) is 2.83. The van der Waals surface area contributed by atoms with Gasteiger partial charge < -0.3 is 15.8 Å². The highest BCUT2D eigenvalue weighted by Crippen LogP contribution is 2.34. The number of ether oxygens (including phenoxy) is 1. The smallest absolute Gasteiger partial charge is 0.276 e. The molecular weight excluding hydrogens is 390 g/mol. The minimum Gasteiger partial charge on any atom is -0.495 e. The average Bonchev–Trinajstić information content (AvgIpc) is 2.42. The molecular formula is C13H11Br2N3O2. The van der Waals surface area contributed by atoms with Crippen LogP contribution in [0.25, 0.3) is 0 Å². The molecule has 1 amide bonds. The maximum atomic E-state index is 12.1. The Kier molecular flexibility index (Phi) is 4.61. The standard InChI is InChI=1S/C13H11Br2N3O2/c1-20-11-6-10(7(14)5-8(11)15)18-13(19)12-9(16)3-2-4-17-12/h2-6H,16H2,1H3,(H,18,19). The van der Waals surface area contributed by atoms with Crippen molar-refractivity contribution in [3.8, 4) is 5.75 Å². The van der Waals surface area contributed by atoms with Crippen LogP contribution in [0, 0.1) is 0 Å². The molecule has 3 N–H and O–H groups in total. The lowest BCUT2D eigenvalue weighted by atomic mass is 10.2. The zero-order valence-corrected chi connectivity index (χ0v) is 13.7. The Morgan fingerprint density at radius 2 is 2.10 bits per heavy atom. The number of nitrogens with one attached hydrogen (secondary N) is 1. The number of methoxy groups -OCH3 is 1. The zero-order valence-electron chi connectivity index (χ0n) is 10.5. The number of nitrogen functional groups attached to an aromatic ring is 1. The fourth-order valence-electron chi connectivity index (χ4n) is 1.57. The summed E-state index contributed by atoms with van der Waals surface area (Å²) in [4.78, 5) is 16.1. The highest BCUT2D eigenvalue weighted by atomic mass is 79.9. The molecule has 0 aliphatic carbocycles. The Labute approximate surface area is 132 Å². The van der Waals surface area contributed by atoms with Crippen molar-refractivity contribution in [2.45, 2.75) is 0 Å². The van der Waals surface area contributed by atoms with Crippen LogP contribution in [0.15, 0.2) is 39.4 Å². The van der Waals surface area contributed by atoms with Crippen molar-refractivity contribution >= 4 is 49.1 Å². The van der Waals surface area contributed by atoms with E-state index in [1.54, 1.807) is 31.4 Å². The van der Waals surface area contributed by atoms with Crippen LogP contribution in [-0.2, 0) is 0 Å². The summed E-state index contributed by atoms with van der Waals surface area (Å²) in [5.74, 6) is 0.227.